The van der Waals surface area contributed by atoms with Crippen LogP contribution in [0.25, 0.3) is 11.0 Å². The minimum atomic E-state index is -0.835. The molecule has 0 saturated carbocycles. The molecular formula is C24H26N4O3S. The van der Waals surface area contributed by atoms with Gasteiger partial charge in [-0.2, -0.15) is 5.26 Å². The summed E-state index contributed by atoms with van der Waals surface area (Å²) in [5.41, 5.74) is 2.41. The molecule has 0 saturated heterocycles. The van der Waals surface area contributed by atoms with E-state index in [2.05, 4.69) is 21.7 Å². The Morgan fingerprint density at radius 1 is 1.31 bits per heavy atom. The smallest absolute Gasteiger partial charge is 0.309 e. The van der Waals surface area contributed by atoms with Crippen LogP contribution >= 0.6 is 11.3 Å². The van der Waals surface area contributed by atoms with Crippen molar-refractivity contribution in [2.75, 3.05) is 6.54 Å². The lowest BCUT2D eigenvalue weighted by Gasteiger charge is -2.29. The monoisotopic (exact) mass is 450 g/mol. The van der Waals surface area contributed by atoms with Gasteiger partial charge in [0.1, 0.15) is 16.6 Å². The average Bonchev–Trinajstić information content (AvgIpc) is 3.36. The van der Waals surface area contributed by atoms with Crippen molar-refractivity contribution < 1.29 is 14.7 Å². The van der Waals surface area contributed by atoms with E-state index in [0.717, 1.165) is 28.0 Å². The molecule has 3 aromatic heterocycles. The van der Waals surface area contributed by atoms with Gasteiger partial charge in [0.25, 0.3) is 0 Å². The standard InChI is InChI=1S/C24H26N4O3S/c1-24(2,23(30)31)10-3-6-21(29)27-12-9-18-19-5-4-11-26-22(19)28(20(18)15-27)14-17-8-7-16(13-25)32-17/h4-5,7-8,11H,3,6,9-10,12,14-15H2,1-2H3,(H,30,31). The average molecular weight is 451 g/mol. The molecule has 0 aliphatic carbocycles. The number of amides is 1. The number of hydrogen-bond acceptors (Lipinski definition) is 5. The lowest BCUT2D eigenvalue weighted by Crippen LogP contribution is -2.36. The van der Waals surface area contributed by atoms with Crippen LogP contribution in [-0.2, 0) is 29.1 Å². The summed E-state index contributed by atoms with van der Waals surface area (Å²) in [6, 6.07) is 10.0. The third-order valence-electron chi connectivity index (χ3n) is 6.22. The van der Waals surface area contributed by atoms with Crippen LogP contribution in [0, 0.1) is 16.7 Å². The number of hydrogen-bond donors (Lipinski definition) is 1. The number of aromatic nitrogens is 2. The molecule has 3 aromatic rings. The van der Waals surface area contributed by atoms with Crippen molar-refractivity contribution in [1.82, 2.24) is 14.5 Å². The summed E-state index contributed by atoms with van der Waals surface area (Å²) in [5, 5.41) is 19.6. The highest BCUT2D eigenvalue weighted by Crippen LogP contribution is 2.32. The van der Waals surface area contributed by atoms with E-state index < -0.39 is 11.4 Å². The van der Waals surface area contributed by atoms with E-state index in [1.54, 1.807) is 20.0 Å². The molecule has 0 bridgehead atoms. The SMILES string of the molecule is CC(C)(CCCC(=O)N1CCc2c(n(Cc3ccc(C#N)s3)c3ncccc23)C1)C(=O)O. The lowest BCUT2D eigenvalue weighted by atomic mass is 9.87. The Morgan fingerprint density at radius 3 is 2.84 bits per heavy atom. The number of carboxylic acids is 1. The van der Waals surface area contributed by atoms with E-state index >= 15 is 0 Å². The number of carboxylic acid groups (broad SMARTS) is 1. The number of nitriles is 1. The first-order valence-corrected chi connectivity index (χ1v) is 11.6. The molecule has 0 atom stereocenters. The third-order valence-corrected chi connectivity index (χ3v) is 7.20. The van der Waals surface area contributed by atoms with E-state index in [-0.39, 0.29) is 5.91 Å². The van der Waals surface area contributed by atoms with Gasteiger partial charge >= 0.3 is 5.97 Å². The molecule has 4 heterocycles. The second-order valence-electron chi connectivity index (χ2n) is 8.87. The van der Waals surface area contributed by atoms with Gasteiger partial charge in [-0.1, -0.05) is 0 Å². The van der Waals surface area contributed by atoms with Gasteiger partial charge < -0.3 is 14.6 Å². The molecule has 1 aliphatic rings. The first kappa shape index (κ1) is 22.0. The van der Waals surface area contributed by atoms with Crippen molar-refractivity contribution in [3.05, 3.63) is 51.5 Å². The Kier molecular flexibility index (Phi) is 6.02. The van der Waals surface area contributed by atoms with Crippen molar-refractivity contribution in [3.8, 4) is 6.07 Å². The highest BCUT2D eigenvalue weighted by molar-refractivity contribution is 7.12. The fourth-order valence-electron chi connectivity index (χ4n) is 4.27. The van der Waals surface area contributed by atoms with Crippen LogP contribution in [0.2, 0.25) is 0 Å². The van der Waals surface area contributed by atoms with Crippen LogP contribution in [-0.4, -0.2) is 38.0 Å². The lowest BCUT2D eigenvalue weighted by molar-refractivity contribution is -0.147. The minimum absolute atomic E-state index is 0.0597. The fraction of sp³-hybridized carbons (Fsp3) is 0.417. The Hall–Kier alpha value is -3.18. The van der Waals surface area contributed by atoms with Gasteiger partial charge in [0.2, 0.25) is 5.91 Å². The summed E-state index contributed by atoms with van der Waals surface area (Å²) >= 11 is 1.47. The van der Waals surface area contributed by atoms with Crippen LogP contribution in [0.1, 0.15) is 54.1 Å². The number of nitrogens with zero attached hydrogens (tertiary/aromatic N) is 4. The second-order valence-corrected chi connectivity index (χ2v) is 10.0. The van der Waals surface area contributed by atoms with Gasteiger partial charge in [0.05, 0.1) is 18.5 Å². The number of carbonyl (C=O) groups excluding carboxylic acids is 1. The van der Waals surface area contributed by atoms with Crippen LogP contribution in [0.15, 0.2) is 30.5 Å². The Balaban J connectivity index is 1.55. The van der Waals surface area contributed by atoms with Gasteiger partial charge in [-0.25, -0.2) is 4.98 Å². The topological polar surface area (TPSA) is 99.2 Å². The molecule has 0 aromatic carbocycles. The maximum atomic E-state index is 12.9. The van der Waals surface area contributed by atoms with Crippen molar-refractivity contribution in [2.24, 2.45) is 5.41 Å². The predicted octanol–water partition coefficient (Wildman–Crippen LogP) is 4.18. The van der Waals surface area contributed by atoms with E-state index in [1.165, 1.54) is 16.9 Å². The van der Waals surface area contributed by atoms with Gasteiger partial charge in [-0.3, -0.25) is 9.59 Å². The van der Waals surface area contributed by atoms with Crippen LogP contribution in [0.4, 0.5) is 0 Å². The van der Waals surface area contributed by atoms with Crippen LogP contribution < -0.4 is 0 Å². The molecule has 7 nitrogen and oxygen atoms in total. The summed E-state index contributed by atoms with van der Waals surface area (Å²) in [7, 11) is 0. The molecule has 4 rings (SSSR count). The summed E-state index contributed by atoms with van der Waals surface area (Å²) in [6.45, 7) is 5.18. The first-order chi connectivity index (χ1) is 15.3. The molecule has 166 valence electrons. The van der Waals surface area contributed by atoms with E-state index in [1.807, 2.05) is 23.1 Å². The normalized spacial score (nSPS) is 13.7. The molecule has 1 N–H and O–H groups in total. The number of carbonyl (C=O) groups is 2. The minimum Gasteiger partial charge on any atom is -0.481 e. The van der Waals surface area contributed by atoms with E-state index in [9.17, 15) is 14.7 Å². The molecule has 0 unspecified atom stereocenters. The maximum absolute atomic E-state index is 12.9. The molecule has 0 fully saturated rings. The van der Waals surface area contributed by atoms with Gasteiger partial charge in [0, 0.05) is 35.1 Å². The quantitative estimate of drug-likeness (QED) is 0.582. The number of rotatable bonds is 7. The van der Waals surface area contributed by atoms with Gasteiger partial charge in [-0.15, -0.1) is 11.3 Å². The van der Waals surface area contributed by atoms with Gasteiger partial charge in [-0.05, 0) is 62.9 Å². The number of thiophene rings is 1. The van der Waals surface area contributed by atoms with Crippen molar-refractivity contribution in [1.29, 1.82) is 5.26 Å². The highest BCUT2D eigenvalue weighted by atomic mass is 32.1. The molecule has 32 heavy (non-hydrogen) atoms. The molecule has 0 spiro atoms. The zero-order chi connectivity index (χ0) is 22.9. The van der Waals surface area contributed by atoms with Crippen LogP contribution in [0.3, 0.4) is 0 Å². The first-order valence-electron chi connectivity index (χ1n) is 10.7. The van der Waals surface area contributed by atoms with E-state index in [4.69, 9.17) is 5.26 Å². The van der Waals surface area contributed by atoms with E-state index in [0.29, 0.717) is 43.8 Å². The number of fused-ring (bicyclic) bond motifs is 3. The number of pyridine rings is 1. The predicted molar refractivity (Wildman–Crippen MR) is 122 cm³/mol. The summed E-state index contributed by atoms with van der Waals surface area (Å²) in [5.74, 6) is -0.776. The van der Waals surface area contributed by atoms with Crippen LogP contribution in [0.5, 0.6) is 0 Å². The molecule has 0 radical (unpaired) electrons. The summed E-state index contributed by atoms with van der Waals surface area (Å²) in [6.07, 6.45) is 3.92. The largest absolute Gasteiger partial charge is 0.481 e. The molecular weight excluding hydrogens is 424 g/mol. The second kappa shape index (κ2) is 8.75. The molecule has 8 heteroatoms. The fourth-order valence-corrected chi connectivity index (χ4v) is 5.06. The zero-order valence-corrected chi connectivity index (χ0v) is 19.1. The Morgan fingerprint density at radius 2 is 2.12 bits per heavy atom. The molecule has 1 amide bonds. The van der Waals surface area contributed by atoms with Crippen molar-refractivity contribution in [3.63, 3.8) is 0 Å². The maximum Gasteiger partial charge on any atom is 0.309 e. The zero-order valence-electron chi connectivity index (χ0n) is 18.3. The third kappa shape index (κ3) is 4.26. The molecule has 1 aliphatic heterocycles. The number of aliphatic carboxylic acids is 1. The van der Waals surface area contributed by atoms with Gasteiger partial charge in [0.15, 0.2) is 0 Å². The Labute approximate surface area is 190 Å². The Bertz CT molecular complexity index is 1220. The van der Waals surface area contributed by atoms with Crippen molar-refractivity contribution >= 4 is 34.2 Å². The van der Waals surface area contributed by atoms with Crippen molar-refractivity contribution in [2.45, 2.75) is 52.6 Å². The summed E-state index contributed by atoms with van der Waals surface area (Å²) < 4.78 is 2.17. The highest BCUT2D eigenvalue weighted by Gasteiger charge is 2.29. The summed E-state index contributed by atoms with van der Waals surface area (Å²) in [4.78, 5) is 32.5.